The summed E-state index contributed by atoms with van der Waals surface area (Å²) in [4.78, 5) is 35.8. The van der Waals surface area contributed by atoms with Crippen LogP contribution >= 0.6 is 11.3 Å². The summed E-state index contributed by atoms with van der Waals surface area (Å²) in [5.41, 5.74) is 0.535. The van der Waals surface area contributed by atoms with E-state index in [1.807, 2.05) is 0 Å². The molecule has 0 bridgehead atoms. The molecule has 2 rings (SSSR count). The van der Waals surface area contributed by atoms with Gasteiger partial charge in [-0.1, -0.05) is 0 Å². The van der Waals surface area contributed by atoms with Crippen LogP contribution in [-0.2, 0) is 9.59 Å². The fourth-order valence-corrected chi connectivity index (χ4v) is 2.88. The average molecular weight is 312 g/mol. The molecule has 0 aliphatic carbocycles. The molecule has 0 aromatic carbocycles. The summed E-state index contributed by atoms with van der Waals surface area (Å²) in [5.74, 6) is -1.77. The van der Waals surface area contributed by atoms with Gasteiger partial charge < -0.3 is 20.4 Å². The van der Waals surface area contributed by atoms with E-state index in [1.54, 1.807) is 16.8 Å². The molecule has 114 valence electrons. The topological polar surface area (TPSA) is 107 Å². The SMILES string of the molecule is O=C(NCCC(=O)N1C[C@H](O)C[C@@H]1C(=O)O)c1ccsc1. The van der Waals surface area contributed by atoms with E-state index < -0.39 is 18.1 Å². The molecular formula is C13H16N2O5S. The van der Waals surface area contributed by atoms with Crippen molar-refractivity contribution < 1.29 is 24.6 Å². The van der Waals surface area contributed by atoms with E-state index in [0.29, 0.717) is 5.56 Å². The minimum atomic E-state index is -1.12. The second-order valence-corrected chi connectivity index (χ2v) is 5.59. The number of rotatable bonds is 5. The Kier molecular flexibility index (Phi) is 4.92. The predicted octanol–water partition coefficient (Wildman–Crippen LogP) is -0.0856. The maximum atomic E-state index is 12.0. The highest BCUT2D eigenvalue weighted by atomic mass is 32.1. The minimum Gasteiger partial charge on any atom is -0.480 e. The Hall–Kier alpha value is -1.93. The first kappa shape index (κ1) is 15.5. The Labute approximate surface area is 125 Å². The molecule has 1 aliphatic rings. The van der Waals surface area contributed by atoms with Crippen molar-refractivity contribution in [1.82, 2.24) is 10.2 Å². The first-order valence-corrected chi connectivity index (χ1v) is 7.44. The Morgan fingerprint density at radius 3 is 2.81 bits per heavy atom. The number of aliphatic hydroxyl groups is 1. The molecule has 2 heterocycles. The molecule has 3 N–H and O–H groups in total. The molecule has 2 atom stereocenters. The Balaban J connectivity index is 1.81. The standard InChI is InChI=1S/C13H16N2O5S/c16-9-5-10(13(19)20)15(6-9)11(17)1-3-14-12(18)8-2-4-21-7-8/h2,4,7,9-10,16H,1,3,5-6H2,(H,14,18)(H,19,20)/t9-,10-/m1/s1. The fraction of sp³-hybridized carbons (Fsp3) is 0.462. The van der Waals surface area contributed by atoms with Crippen LogP contribution in [0.2, 0.25) is 0 Å². The second kappa shape index (κ2) is 6.68. The lowest BCUT2D eigenvalue weighted by atomic mass is 10.2. The highest BCUT2D eigenvalue weighted by Gasteiger charge is 2.38. The van der Waals surface area contributed by atoms with E-state index >= 15 is 0 Å². The van der Waals surface area contributed by atoms with Crippen molar-refractivity contribution in [2.24, 2.45) is 0 Å². The molecule has 0 spiro atoms. The number of nitrogens with one attached hydrogen (secondary N) is 1. The van der Waals surface area contributed by atoms with Gasteiger partial charge in [0.1, 0.15) is 6.04 Å². The number of hydrogen-bond acceptors (Lipinski definition) is 5. The van der Waals surface area contributed by atoms with Gasteiger partial charge in [-0.3, -0.25) is 9.59 Å². The molecule has 2 amide bonds. The quantitative estimate of drug-likeness (QED) is 0.704. The summed E-state index contributed by atoms with van der Waals surface area (Å²) in [6.07, 6.45) is -0.759. The summed E-state index contributed by atoms with van der Waals surface area (Å²) in [6.45, 7) is 0.153. The zero-order chi connectivity index (χ0) is 15.4. The van der Waals surface area contributed by atoms with Crippen LogP contribution in [0.1, 0.15) is 23.2 Å². The van der Waals surface area contributed by atoms with E-state index in [9.17, 15) is 19.5 Å². The number of hydrogen-bond donors (Lipinski definition) is 3. The monoisotopic (exact) mass is 312 g/mol. The van der Waals surface area contributed by atoms with E-state index in [0.717, 1.165) is 4.90 Å². The van der Waals surface area contributed by atoms with E-state index in [-0.39, 0.29) is 37.7 Å². The molecule has 0 radical (unpaired) electrons. The lowest BCUT2D eigenvalue weighted by Gasteiger charge is -2.21. The maximum absolute atomic E-state index is 12.0. The first-order chi connectivity index (χ1) is 9.99. The van der Waals surface area contributed by atoms with E-state index in [1.165, 1.54) is 11.3 Å². The number of carbonyl (C=O) groups excluding carboxylic acids is 2. The zero-order valence-corrected chi connectivity index (χ0v) is 12.0. The van der Waals surface area contributed by atoms with Gasteiger partial charge in [0, 0.05) is 36.9 Å². The summed E-state index contributed by atoms with van der Waals surface area (Å²) in [6, 6.07) is 0.694. The number of β-amino-alcohol motifs (C(OH)–C–C–N with tert-alkyl or cyclic N) is 1. The third-order valence-electron chi connectivity index (χ3n) is 3.29. The molecule has 1 aliphatic heterocycles. The van der Waals surface area contributed by atoms with Crippen LogP contribution in [-0.4, -0.2) is 58.1 Å². The van der Waals surface area contributed by atoms with Gasteiger partial charge in [0.2, 0.25) is 5.91 Å². The second-order valence-electron chi connectivity index (χ2n) is 4.81. The minimum absolute atomic E-state index is 0.00633. The molecule has 1 fully saturated rings. The van der Waals surface area contributed by atoms with Crippen LogP contribution in [0.5, 0.6) is 0 Å². The van der Waals surface area contributed by atoms with Gasteiger partial charge in [0.15, 0.2) is 0 Å². The number of carboxylic acid groups (broad SMARTS) is 1. The van der Waals surface area contributed by atoms with Crippen molar-refractivity contribution in [2.45, 2.75) is 25.0 Å². The Morgan fingerprint density at radius 2 is 2.19 bits per heavy atom. The first-order valence-electron chi connectivity index (χ1n) is 6.49. The number of likely N-dealkylation sites (tertiary alicyclic amines) is 1. The average Bonchev–Trinajstić information content (AvgIpc) is 3.07. The number of thiophene rings is 1. The highest BCUT2D eigenvalue weighted by molar-refractivity contribution is 7.08. The van der Waals surface area contributed by atoms with Crippen molar-refractivity contribution in [3.05, 3.63) is 22.4 Å². The number of carbonyl (C=O) groups is 3. The maximum Gasteiger partial charge on any atom is 0.326 e. The van der Waals surface area contributed by atoms with Crippen LogP contribution in [0.15, 0.2) is 16.8 Å². The zero-order valence-electron chi connectivity index (χ0n) is 11.2. The van der Waals surface area contributed by atoms with Crippen LogP contribution in [0.4, 0.5) is 0 Å². The van der Waals surface area contributed by atoms with E-state index in [2.05, 4.69) is 5.32 Å². The Morgan fingerprint density at radius 1 is 1.43 bits per heavy atom. The van der Waals surface area contributed by atoms with Crippen LogP contribution < -0.4 is 5.32 Å². The summed E-state index contributed by atoms with van der Waals surface area (Å²) < 4.78 is 0. The van der Waals surface area contributed by atoms with Crippen molar-refractivity contribution in [1.29, 1.82) is 0 Å². The number of carboxylic acids is 1. The molecule has 1 aromatic rings. The van der Waals surface area contributed by atoms with Gasteiger partial charge in [-0.15, -0.1) is 0 Å². The van der Waals surface area contributed by atoms with Gasteiger partial charge >= 0.3 is 5.97 Å². The normalized spacial score (nSPS) is 21.3. The lowest BCUT2D eigenvalue weighted by molar-refractivity contribution is -0.148. The number of aliphatic carboxylic acids is 1. The van der Waals surface area contributed by atoms with E-state index in [4.69, 9.17) is 5.11 Å². The molecule has 0 saturated carbocycles. The molecule has 7 nitrogen and oxygen atoms in total. The van der Waals surface area contributed by atoms with Gasteiger partial charge in [-0.05, 0) is 11.4 Å². The van der Waals surface area contributed by atoms with Gasteiger partial charge in [-0.25, -0.2) is 4.79 Å². The summed E-state index contributed by atoms with van der Waals surface area (Å²) >= 11 is 1.40. The third-order valence-corrected chi connectivity index (χ3v) is 3.98. The van der Waals surface area contributed by atoms with Crippen LogP contribution in [0.3, 0.4) is 0 Å². The van der Waals surface area contributed by atoms with Gasteiger partial charge in [-0.2, -0.15) is 11.3 Å². The van der Waals surface area contributed by atoms with Crippen molar-refractivity contribution in [3.8, 4) is 0 Å². The number of aliphatic hydroxyl groups excluding tert-OH is 1. The molecule has 1 saturated heterocycles. The van der Waals surface area contributed by atoms with Gasteiger partial charge in [0.25, 0.3) is 5.91 Å². The van der Waals surface area contributed by atoms with Crippen molar-refractivity contribution in [3.63, 3.8) is 0 Å². The fourth-order valence-electron chi connectivity index (χ4n) is 2.25. The summed E-state index contributed by atoms with van der Waals surface area (Å²) in [5, 5.41) is 24.6. The van der Waals surface area contributed by atoms with Gasteiger partial charge in [0.05, 0.1) is 6.10 Å². The van der Waals surface area contributed by atoms with Crippen molar-refractivity contribution in [2.75, 3.05) is 13.1 Å². The Bertz CT molecular complexity index is 531. The van der Waals surface area contributed by atoms with Crippen LogP contribution in [0.25, 0.3) is 0 Å². The third kappa shape index (κ3) is 3.79. The molecule has 21 heavy (non-hydrogen) atoms. The molecule has 0 unspecified atom stereocenters. The highest BCUT2D eigenvalue weighted by Crippen LogP contribution is 2.19. The number of amides is 2. The smallest absolute Gasteiger partial charge is 0.326 e. The molecular weight excluding hydrogens is 296 g/mol. The predicted molar refractivity (Wildman–Crippen MR) is 75.0 cm³/mol. The largest absolute Gasteiger partial charge is 0.480 e. The number of nitrogens with zero attached hydrogens (tertiary/aromatic N) is 1. The lowest BCUT2D eigenvalue weighted by Crippen LogP contribution is -2.41. The molecule has 8 heteroatoms. The molecule has 1 aromatic heterocycles. The van der Waals surface area contributed by atoms with Crippen LogP contribution in [0, 0.1) is 0 Å². The summed E-state index contributed by atoms with van der Waals surface area (Å²) in [7, 11) is 0. The van der Waals surface area contributed by atoms with Crippen molar-refractivity contribution >= 4 is 29.1 Å².